The van der Waals surface area contributed by atoms with Crippen LogP contribution in [0.1, 0.15) is 25.0 Å². The summed E-state index contributed by atoms with van der Waals surface area (Å²) in [5.41, 5.74) is 14.7. The van der Waals surface area contributed by atoms with E-state index < -0.39 is 0 Å². The van der Waals surface area contributed by atoms with Crippen LogP contribution in [0.15, 0.2) is 170 Å². The van der Waals surface area contributed by atoms with Gasteiger partial charge in [0.2, 0.25) is 0 Å². The highest BCUT2D eigenvalue weighted by molar-refractivity contribution is 6.14. The van der Waals surface area contributed by atoms with E-state index in [9.17, 15) is 0 Å². The zero-order chi connectivity index (χ0) is 31.5. The maximum absolute atomic E-state index is 2.44. The molecule has 0 spiro atoms. The lowest BCUT2D eigenvalue weighted by Gasteiger charge is -2.29. The van der Waals surface area contributed by atoms with Crippen LogP contribution in [-0.2, 0) is 5.41 Å². The van der Waals surface area contributed by atoms with E-state index in [1.54, 1.807) is 0 Å². The lowest BCUT2D eigenvalue weighted by atomic mass is 9.82. The van der Waals surface area contributed by atoms with E-state index in [2.05, 4.69) is 193 Å². The highest BCUT2D eigenvalue weighted by Crippen LogP contribution is 2.51. The molecule has 0 saturated heterocycles. The molecule has 1 aromatic heterocycles. The molecule has 0 fully saturated rings. The number of nitrogens with zero attached hydrogens (tertiary/aromatic N) is 2. The Balaban J connectivity index is 1.29. The van der Waals surface area contributed by atoms with Gasteiger partial charge in [-0.1, -0.05) is 135 Å². The first kappa shape index (κ1) is 27.5. The number of hydrogen-bond acceptors (Lipinski definition) is 1. The molecule has 0 atom stereocenters. The molecule has 0 radical (unpaired) electrons. The van der Waals surface area contributed by atoms with E-state index in [1.165, 1.54) is 55.2 Å². The lowest BCUT2D eigenvalue weighted by Crippen LogP contribution is -2.17. The normalized spacial score (nSPS) is 13.1. The van der Waals surface area contributed by atoms with Gasteiger partial charge in [-0.05, 0) is 81.9 Å². The van der Waals surface area contributed by atoms with E-state index in [4.69, 9.17) is 0 Å². The minimum Gasteiger partial charge on any atom is -0.308 e. The molecule has 1 aliphatic rings. The zero-order valence-corrected chi connectivity index (χ0v) is 26.6. The van der Waals surface area contributed by atoms with Crippen molar-refractivity contribution in [2.75, 3.05) is 4.90 Å². The second-order valence-electron chi connectivity index (χ2n) is 13.0. The van der Waals surface area contributed by atoms with Crippen molar-refractivity contribution >= 4 is 38.9 Å². The number of para-hydroxylation sites is 3. The summed E-state index contributed by atoms with van der Waals surface area (Å²) < 4.78 is 2.44. The fraction of sp³-hybridized carbons (Fsp3) is 0.0667. The largest absolute Gasteiger partial charge is 0.308 e. The molecule has 0 bridgehead atoms. The Morgan fingerprint density at radius 2 is 1.11 bits per heavy atom. The quantitative estimate of drug-likeness (QED) is 0.190. The van der Waals surface area contributed by atoms with E-state index in [-0.39, 0.29) is 5.41 Å². The van der Waals surface area contributed by atoms with Crippen LogP contribution in [0.3, 0.4) is 0 Å². The number of benzene rings is 7. The van der Waals surface area contributed by atoms with Gasteiger partial charge in [-0.25, -0.2) is 0 Å². The summed E-state index contributed by atoms with van der Waals surface area (Å²) in [5, 5.41) is 2.48. The standard InChI is InChI=1S/C45H34N2/c1-45(2)40-21-11-9-18-36(40)37-29-28-35(30-41(37)45)46(33-16-7-4-8-17-33)43-23-13-20-39-38-19-10-12-22-42(38)47(44(39)43)34-26-24-32(25-27-34)31-14-5-3-6-15-31/h3-30H,1-2H3. The van der Waals surface area contributed by atoms with E-state index in [1.807, 2.05) is 0 Å². The Morgan fingerprint density at radius 1 is 0.468 bits per heavy atom. The smallest absolute Gasteiger partial charge is 0.0782 e. The summed E-state index contributed by atoms with van der Waals surface area (Å²) in [6.45, 7) is 4.71. The van der Waals surface area contributed by atoms with Crippen LogP contribution in [0, 0.1) is 0 Å². The fourth-order valence-corrected chi connectivity index (χ4v) is 7.72. The molecule has 9 rings (SSSR count). The van der Waals surface area contributed by atoms with E-state index in [0.29, 0.717) is 0 Å². The third kappa shape index (κ3) is 4.26. The van der Waals surface area contributed by atoms with Crippen molar-refractivity contribution < 1.29 is 0 Å². The molecule has 0 amide bonds. The molecule has 0 saturated carbocycles. The average Bonchev–Trinajstić information content (AvgIpc) is 3.59. The number of anilines is 3. The molecule has 1 heterocycles. The van der Waals surface area contributed by atoms with Gasteiger partial charge in [-0.3, -0.25) is 0 Å². The van der Waals surface area contributed by atoms with Gasteiger partial charge in [0.05, 0.1) is 16.7 Å². The maximum Gasteiger partial charge on any atom is 0.0782 e. The summed E-state index contributed by atoms with van der Waals surface area (Å²) in [4.78, 5) is 2.44. The third-order valence-corrected chi connectivity index (χ3v) is 9.99. The van der Waals surface area contributed by atoms with Gasteiger partial charge in [0.25, 0.3) is 0 Å². The summed E-state index contributed by atoms with van der Waals surface area (Å²) in [5.74, 6) is 0. The van der Waals surface area contributed by atoms with Crippen LogP contribution >= 0.6 is 0 Å². The predicted molar refractivity (Wildman–Crippen MR) is 198 cm³/mol. The average molecular weight is 603 g/mol. The first-order chi connectivity index (χ1) is 23.1. The first-order valence-electron chi connectivity index (χ1n) is 16.4. The fourth-order valence-electron chi connectivity index (χ4n) is 7.72. The van der Waals surface area contributed by atoms with Gasteiger partial charge < -0.3 is 9.47 Å². The maximum atomic E-state index is 2.44. The molecule has 2 nitrogen and oxygen atoms in total. The van der Waals surface area contributed by atoms with Gasteiger partial charge >= 0.3 is 0 Å². The topological polar surface area (TPSA) is 8.17 Å². The third-order valence-electron chi connectivity index (χ3n) is 9.99. The van der Waals surface area contributed by atoms with Crippen molar-refractivity contribution in [3.63, 3.8) is 0 Å². The molecular formula is C45H34N2. The molecule has 47 heavy (non-hydrogen) atoms. The van der Waals surface area contributed by atoms with Crippen LogP contribution in [0.2, 0.25) is 0 Å². The number of aromatic nitrogens is 1. The first-order valence-corrected chi connectivity index (χ1v) is 16.4. The monoisotopic (exact) mass is 602 g/mol. The van der Waals surface area contributed by atoms with Gasteiger partial charge in [0.1, 0.15) is 0 Å². The van der Waals surface area contributed by atoms with Crippen molar-refractivity contribution in [1.29, 1.82) is 0 Å². The summed E-state index contributed by atoms with van der Waals surface area (Å²) in [7, 11) is 0. The van der Waals surface area contributed by atoms with E-state index >= 15 is 0 Å². The van der Waals surface area contributed by atoms with Crippen LogP contribution in [0.25, 0.3) is 49.7 Å². The van der Waals surface area contributed by atoms with E-state index in [0.717, 1.165) is 22.7 Å². The molecule has 1 aliphatic carbocycles. The van der Waals surface area contributed by atoms with Gasteiger partial charge in [0.15, 0.2) is 0 Å². The Kier molecular flexibility index (Phi) is 6.20. The van der Waals surface area contributed by atoms with Crippen molar-refractivity contribution in [3.05, 3.63) is 181 Å². The minimum absolute atomic E-state index is 0.0916. The molecule has 2 heteroatoms. The Hall–Kier alpha value is -5.86. The summed E-state index contributed by atoms with van der Waals surface area (Å²) >= 11 is 0. The summed E-state index contributed by atoms with van der Waals surface area (Å²) in [6.07, 6.45) is 0. The SMILES string of the molecule is CC1(C)c2ccccc2-c2ccc(N(c3ccccc3)c3cccc4c5ccccc5n(-c5ccc(-c6ccccc6)cc5)c34)cc21. The molecule has 0 N–H and O–H groups in total. The van der Waals surface area contributed by atoms with Crippen molar-refractivity contribution in [2.45, 2.75) is 19.3 Å². The van der Waals surface area contributed by atoms with Gasteiger partial charge in [-0.2, -0.15) is 0 Å². The van der Waals surface area contributed by atoms with Crippen molar-refractivity contribution in [1.82, 2.24) is 4.57 Å². The van der Waals surface area contributed by atoms with Crippen molar-refractivity contribution in [3.8, 4) is 27.9 Å². The molecule has 224 valence electrons. The van der Waals surface area contributed by atoms with Gasteiger partial charge in [0, 0.05) is 33.2 Å². The number of fused-ring (bicyclic) bond motifs is 6. The minimum atomic E-state index is -0.0916. The van der Waals surface area contributed by atoms with Crippen molar-refractivity contribution in [2.24, 2.45) is 0 Å². The molecule has 0 aliphatic heterocycles. The summed E-state index contributed by atoms with van der Waals surface area (Å²) in [6, 6.07) is 61.8. The number of hydrogen-bond donors (Lipinski definition) is 0. The van der Waals surface area contributed by atoms with Gasteiger partial charge in [-0.15, -0.1) is 0 Å². The number of rotatable bonds is 5. The van der Waals surface area contributed by atoms with Crippen LogP contribution < -0.4 is 4.90 Å². The second-order valence-corrected chi connectivity index (χ2v) is 13.0. The Labute approximate surface area is 275 Å². The van der Waals surface area contributed by atoms with Crippen LogP contribution in [0.5, 0.6) is 0 Å². The second kappa shape index (κ2) is 10.6. The molecule has 8 aromatic rings. The lowest BCUT2D eigenvalue weighted by molar-refractivity contribution is 0.660. The molecule has 0 unspecified atom stereocenters. The zero-order valence-electron chi connectivity index (χ0n) is 26.6. The van der Waals surface area contributed by atoms with Crippen LogP contribution in [-0.4, -0.2) is 4.57 Å². The molecule has 7 aromatic carbocycles. The Bertz CT molecular complexity index is 2420. The Morgan fingerprint density at radius 3 is 1.91 bits per heavy atom. The predicted octanol–water partition coefficient (Wildman–Crippen LogP) is 12.2. The highest BCUT2D eigenvalue weighted by atomic mass is 15.2. The molecular weight excluding hydrogens is 569 g/mol. The van der Waals surface area contributed by atoms with Crippen LogP contribution in [0.4, 0.5) is 17.1 Å². The highest BCUT2D eigenvalue weighted by Gasteiger charge is 2.36.